The number of halogens is 3. The third-order valence-electron chi connectivity index (χ3n) is 5.46. The summed E-state index contributed by atoms with van der Waals surface area (Å²) in [5.74, 6) is 0.556. The van der Waals surface area contributed by atoms with Crippen molar-refractivity contribution in [2.24, 2.45) is 4.99 Å². The standard InChI is InChI=1S/C24H31F3N4O/c1-2-28-23(30-16-20-4-3-5-21(14-20)24(25,26)27)29-15-18-6-8-19(9-7-18)17-31-12-10-22(32)11-13-31/h3-9,14,22,32H,2,10-13,15-17H2,1H3,(H2,28,29,30). The second-order valence-electron chi connectivity index (χ2n) is 8.07. The molecule has 8 heteroatoms. The average Bonchev–Trinajstić information content (AvgIpc) is 2.78. The molecule has 0 amide bonds. The number of alkyl halides is 3. The Hall–Kier alpha value is -2.58. The predicted octanol–water partition coefficient (Wildman–Crippen LogP) is 3.92. The van der Waals surface area contributed by atoms with Crippen LogP contribution in [0.5, 0.6) is 0 Å². The number of hydrogen-bond donors (Lipinski definition) is 3. The highest BCUT2D eigenvalue weighted by molar-refractivity contribution is 5.79. The Kier molecular flexibility index (Phi) is 8.53. The van der Waals surface area contributed by atoms with Crippen molar-refractivity contribution in [1.82, 2.24) is 15.5 Å². The van der Waals surface area contributed by atoms with E-state index in [0.29, 0.717) is 24.6 Å². The largest absolute Gasteiger partial charge is 0.416 e. The van der Waals surface area contributed by atoms with E-state index in [0.717, 1.165) is 50.2 Å². The Bertz CT molecular complexity index is 876. The molecular formula is C24H31F3N4O. The van der Waals surface area contributed by atoms with Gasteiger partial charge in [0.1, 0.15) is 0 Å². The van der Waals surface area contributed by atoms with Gasteiger partial charge in [0.05, 0.1) is 18.2 Å². The Morgan fingerprint density at radius 2 is 1.72 bits per heavy atom. The van der Waals surface area contributed by atoms with E-state index in [9.17, 15) is 18.3 Å². The molecule has 0 unspecified atom stereocenters. The fourth-order valence-corrected chi connectivity index (χ4v) is 3.64. The van der Waals surface area contributed by atoms with Crippen LogP contribution in [-0.4, -0.2) is 41.7 Å². The van der Waals surface area contributed by atoms with Crippen LogP contribution in [-0.2, 0) is 25.8 Å². The molecule has 0 saturated carbocycles. The van der Waals surface area contributed by atoms with Gasteiger partial charge in [-0.2, -0.15) is 13.2 Å². The fraction of sp³-hybridized carbons (Fsp3) is 0.458. The minimum Gasteiger partial charge on any atom is -0.393 e. The molecule has 0 aromatic heterocycles. The van der Waals surface area contributed by atoms with Crippen LogP contribution in [0.25, 0.3) is 0 Å². The molecule has 1 aliphatic heterocycles. The number of nitrogens with zero attached hydrogens (tertiary/aromatic N) is 2. The van der Waals surface area contributed by atoms with Crippen LogP contribution in [0.1, 0.15) is 42.0 Å². The quantitative estimate of drug-likeness (QED) is 0.444. The number of aliphatic imine (C=N–C) groups is 1. The zero-order valence-corrected chi connectivity index (χ0v) is 18.3. The molecule has 0 bridgehead atoms. The second kappa shape index (κ2) is 11.3. The van der Waals surface area contributed by atoms with Crippen LogP contribution >= 0.6 is 0 Å². The first-order valence-corrected chi connectivity index (χ1v) is 11.0. The summed E-state index contributed by atoms with van der Waals surface area (Å²) in [6.45, 7) is 6.01. The van der Waals surface area contributed by atoms with Gasteiger partial charge in [-0.05, 0) is 48.6 Å². The molecule has 2 aromatic carbocycles. The molecule has 1 heterocycles. The van der Waals surface area contributed by atoms with E-state index in [1.165, 1.54) is 11.6 Å². The van der Waals surface area contributed by atoms with Crippen LogP contribution in [0.4, 0.5) is 13.2 Å². The topological polar surface area (TPSA) is 59.9 Å². The zero-order valence-electron chi connectivity index (χ0n) is 18.3. The van der Waals surface area contributed by atoms with Crippen LogP contribution in [0.15, 0.2) is 53.5 Å². The SMILES string of the molecule is CCNC(=NCc1cccc(C(F)(F)F)c1)NCc1ccc(CN2CCC(O)CC2)cc1. The molecular weight excluding hydrogens is 417 g/mol. The lowest BCUT2D eigenvalue weighted by molar-refractivity contribution is -0.137. The zero-order chi connectivity index (χ0) is 23.0. The van der Waals surface area contributed by atoms with Gasteiger partial charge in [0.15, 0.2) is 5.96 Å². The summed E-state index contributed by atoms with van der Waals surface area (Å²) in [7, 11) is 0. The molecule has 5 nitrogen and oxygen atoms in total. The number of aliphatic hydroxyl groups is 1. The van der Waals surface area contributed by atoms with Crippen molar-refractivity contribution in [3.63, 3.8) is 0 Å². The van der Waals surface area contributed by atoms with Gasteiger partial charge in [0.25, 0.3) is 0 Å². The van der Waals surface area contributed by atoms with Crippen LogP contribution < -0.4 is 10.6 Å². The predicted molar refractivity (Wildman–Crippen MR) is 120 cm³/mol. The highest BCUT2D eigenvalue weighted by Gasteiger charge is 2.30. The van der Waals surface area contributed by atoms with Crippen LogP contribution in [0.3, 0.4) is 0 Å². The van der Waals surface area contributed by atoms with Crippen molar-refractivity contribution >= 4 is 5.96 Å². The summed E-state index contributed by atoms with van der Waals surface area (Å²) < 4.78 is 38.7. The van der Waals surface area contributed by atoms with Gasteiger partial charge >= 0.3 is 6.18 Å². The number of benzene rings is 2. The normalized spacial score (nSPS) is 16.2. The lowest BCUT2D eigenvalue weighted by atomic mass is 10.1. The third kappa shape index (κ3) is 7.53. The molecule has 1 saturated heterocycles. The van der Waals surface area contributed by atoms with E-state index in [4.69, 9.17) is 0 Å². The molecule has 174 valence electrons. The van der Waals surface area contributed by atoms with Crippen molar-refractivity contribution in [3.05, 3.63) is 70.8 Å². The van der Waals surface area contributed by atoms with E-state index in [1.54, 1.807) is 6.07 Å². The number of likely N-dealkylation sites (tertiary alicyclic amines) is 1. The second-order valence-corrected chi connectivity index (χ2v) is 8.07. The lowest BCUT2D eigenvalue weighted by Gasteiger charge is -2.29. The Balaban J connectivity index is 1.54. The molecule has 0 aliphatic carbocycles. The molecule has 2 aromatic rings. The summed E-state index contributed by atoms with van der Waals surface area (Å²) >= 11 is 0. The molecule has 0 radical (unpaired) electrons. The Morgan fingerprint density at radius 1 is 1.03 bits per heavy atom. The Labute approximate surface area is 187 Å². The van der Waals surface area contributed by atoms with Gasteiger partial charge in [0, 0.05) is 32.7 Å². The number of piperidine rings is 1. The molecule has 1 fully saturated rings. The van der Waals surface area contributed by atoms with Crippen molar-refractivity contribution in [1.29, 1.82) is 0 Å². The average molecular weight is 449 g/mol. The fourth-order valence-electron chi connectivity index (χ4n) is 3.64. The summed E-state index contributed by atoms with van der Waals surface area (Å²) in [4.78, 5) is 6.77. The first-order valence-electron chi connectivity index (χ1n) is 11.0. The smallest absolute Gasteiger partial charge is 0.393 e. The maximum absolute atomic E-state index is 12.9. The highest BCUT2D eigenvalue weighted by Crippen LogP contribution is 2.29. The summed E-state index contributed by atoms with van der Waals surface area (Å²) in [6.07, 6.45) is -2.87. The molecule has 32 heavy (non-hydrogen) atoms. The molecule has 0 spiro atoms. The monoisotopic (exact) mass is 448 g/mol. The van der Waals surface area contributed by atoms with Crippen molar-refractivity contribution < 1.29 is 18.3 Å². The molecule has 3 N–H and O–H groups in total. The van der Waals surface area contributed by atoms with E-state index < -0.39 is 11.7 Å². The number of nitrogens with one attached hydrogen (secondary N) is 2. The maximum atomic E-state index is 12.9. The Morgan fingerprint density at radius 3 is 2.38 bits per heavy atom. The first-order chi connectivity index (χ1) is 15.3. The number of hydrogen-bond acceptors (Lipinski definition) is 3. The maximum Gasteiger partial charge on any atom is 0.416 e. The number of guanidine groups is 1. The van der Waals surface area contributed by atoms with Crippen LogP contribution in [0, 0.1) is 0 Å². The van der Waals surface area contributed by atoms with Crippen molar-refractivity contribution in [2.75, 3.05) is 19.6 Å². The van der Waals surface area contributed by atoms with E-state index in [1.807, 2.05) is 6.92 Å². The third-order valence-corrected chi connectivity index (χ3v) is 5.46. The number of aliphatic hydroxyl groups excluding tert-OH is 1. The minimum atomic E-state index is -4.36. The van der Waals surface area contributed by atoms with Gasteiger partial charge in [-0.3, -0.25) is 4.90 Å². The van der Waals surface area contributed by atoms with E-state index in [-0.39, 0.29) is 12.6 Å². The summed E-state index contributed by atoms with van der Waals surface area (Å²) in [6, 6.07) is 13.6. The van der Waals surface area contributed by atoms with E-state index >= 15 is 0 Å². The molecule has 0 atom stereocenters. The molecule has 3 rings (SSSR count). The van der Waals surface area contributed by atoms with Crippen molar-refractivity contribution in [2.45, 2.75) is 51.7 Å². The number of rotatable bonds is 7. The molecule has 1 aliphatic rings. The summed E-state index contributed by atoms with van der Waals surface area (Å²) in [5, 5.41) is 16.0. The minimum absolute atomic E-state index is 0.155. The first kappa shape index (κ1) is 24.1. The van der Waals surface area contributed by atoms with Gasteiger partial charge in [-0.1, -0.05) is 36.4 Å². The van der Waals surface area contributed by atoms with Gasteiger partial charge < -0.3 is 15.7 Å². The summed E-state index contributed by atoms with van der Waals surface area (Å²) in [5.41, 5.74) is 2.17. The van der Waals surface area contributed by atoms with E-state index in [2.05, 4.69) is 44.8 Å². The van der Waals surface area contributed by atoms with Crippen LogP contribution in [0.2, 0.25) is 0 Å². The highest BCUT2D eigenvalue weighted by atomic mass is 19.4. The van der Waals surface area contributed by atoms with Gasteiger partial charge in [-0.15, -0.1) is 0 Å². The lowest BCUT2D eigenvalue weighted by Crippen LogP contribution is -2.36. The van der Waals surface area contributed by atoms with Gasteiger partial charge in [-0.25, -0.2) is 4.99 Å². The van der Waals surface area contributed by atoms with Gasteiger partial charge in [0.2, 0.25) is 0 Å². The van der Waals surface area contributed by atoms with Crippen molar-refractivity contribution in [3.8, 4) is 0 Å².